The fourth-order valence-electron chi connectivity index (χ4n) is 4.87. The predicted octanol–water partition coefficient (Wildman–Crippen LogP) is 6.52. The zero-order valence-electron chi connectivity index (χ0n) is 21.8. The van der Waals surface area contributed by atoms with Gasteiger partial charge in [-0.15, -0.1) is 0 Å². The summed E-state index contributed by atoms with van der Waals surface area (Å²) in [5.74, 6) is -1.55. The third-order valence-corrected chi connectivity index (χ3v) is 7.11. The van der Waals surface area contributed by atoms with Crippen molar-refractivity contribution in [2.75, 3.05) is 6.61 Å². The highest BCUT2D eigenvalue weighted by Gasteiger charge is 2.42. The van der Waals surface area contributed by atoms with E-state index in [0.29, 0.717) is 23.2 Å². The molecule has 4 aromatic rings. The highest BCUT2D eigenvalue weighted by Crippen LogP contribution is 2.36. The van der Waals surface area contributed by atoms with Crippen LogP contribution < -0.4 is 0 Å². The molecule has 0 radical (unpaired) electrons. The van der Waals surface area contributed by atoms with Gasteiger partial charge in [-0.2, -0.15) is 0 Å². The Morgan fingerprint density at radius 3 is 1.68 bits per heavy atom. The molecule has 1 fully saturated rings. The largest absolute Gasteiger partial charge is 0.461 e. The first-order chi connectivity index (χ1) is 19.5. The van der Waals surface area contributed by atoms with Gasteiger partial charge in [0.1, 0.15) is 18.8 Å². The molecule has 1 aliphatic carbocycles. The molecule has 1 saturated carbocycles. The number of hydrogen-bond acceptors (Lipinski definition) is 6. The molecule has 3 atom stereocenters. The van der Waals surface area contributed by atoms with Gasteiger partial charge in [-0.05, 0) is 52.1 Å². The average Bonchev–Trinajstić information content (AvgIpc) is 3.30. The van der Waals surface area contributed by atoms with Gasteiger partial charge in [-0.1, -0.05) is 91.5 Å². The minimum atomic E-state index is -0.674. The first-order valence-electron chi connectivity index (χ1n) is 13.0. The van der Waals surface area contributed by atoms with Gasteiger partial charge in [0.25, 0.3) is 6.47 Å². The van der Waals surface area contributed by atoms with E-state index >= 15 is 0 Å². The van der Waals surface area contributed by atoms with Gasteiger partial charge in [0.05, 0.1) is 17.0 Å². The van der Waals surface area contributed by atoms with Crippen molar-refractivity contribution in [3.63, 3.8) is 0 Å². The summed E-state index contributed by atoms with van der Waals surface area (Å²) in [6, 6.07) is 34.0. The van der Waals surface area contributed by atoms with E-state index in [1.54, 1.807) is 24.3 Å². The quantitative estimate of drug-likeness (QED) is 0.106. The number of carbonyl (C=O) groups excluding carboxylic acids is 3. The van der Waals surface area contributed by atoms with Crippen molar-refractivity contribution < 1.29 is 28.6 Å². The normalized spacial score (nSPS) is 18.1. The van der Waals surface area contributed by atoms with E-state index in [2.05, 4.69) is 6.58 Å². The summed E-state index contributed by atoms with van der Waals surface area (Å²) in [5, 5.41) is 0. The maximum absolute atomic E-state index is 13.0. The van der Waals surface area contributed by atoms with E-state index in [4.69, 9.17) is 14.2 Å². The second kappa shape index (κ2) is 12.3. The van der Waals surface area contributed by atoms with E-state index in [1.807, 2.05) is 84.9 Å². The molecular weight excluding hydrogens is 504 g/mol. The van der Waals surface area contributed by atoms with Crippen LogP contribution in [0.2, 0.25) is 0 Å². The molecule has 0 heterocycles. The topological polar surface area (TPSA) is 78.9 Å². The Labute approximate surface area is 232 Å². The number of benzene rings is 4. The van der Waals surface area contributed by atoms with Crippen LogP contribution in [0.5, 0.6) is 0 Å². The lowest BCUT2D eigenvalue weighted by atomic mass is 10.0. The Morgan fingerprint density at radius 1 is 0.700 bits per heavy atom. The van der Waals surface area contributed by atoms with Crippen molar-refractivity contribution in [3.8, 4) is 22.3 Å². The van der Waals surface area contributed by atoms with Gasteiger partial charge in [-0.3, -0.25) is 4.79 Å². The number of carbonyl (C=O) groups is 3. The van der Waals surface area contributed by atoms with Gasteiger partial charge in [0.15, 0.2) is 0 Å². The Balaban J connectivity index is 1.24. The van der Waals surface area contributed by atoms with Crippen LogP contribution in [-0.4, -0.2) is 37.2 Å². The second-order valence-corrected chi connectivity index (χ2v) is 9.57. The van der Waals surface area contributed by atoms with Gasteiger partial charge in [0.2, 0.25) is 0 Å². The summed E-state index contributed by atoms with van der Waals surface area (Å²) >= 11 is 0. The molecule has 1 aliphatic rings. The molecule has 0 N–H and O–H groups in total. The Bertz CT molecular complexity index is 1480. The summed E-state index contributed by atoms with van der Waals surface area (Å²) in [6.07, 6.45) is -1.07. The third kappa shape index (κ3) is 6.02. The molecule has 40 heavy (non-hydrogen) atoms. The third-order valence-electron chi connectivity index (χ3n) is 7.11. The monoisotopic (exact) mass is 532 g/mol. The van der Waals surface area contributed by atoms with Crippen LogP contribution in [0.25, 0.3) is 22.3 Å². The number of esters is 2. The number of ether oxygens (including phenoxy) is 3. The van der Waals surface area contributed by atoms with Gasteiger partial charge in [0, 0.05) is 6.42 Å². The molecule has 0 saturated heterocycles. The van der Waals surface area contributed by atoms with Crippen molar-refractivity contribution in [2.24, 2.45) is 5.92 Å². The molecule has 0 amide bonds. The molecule has 4 aromatic carbocycles. The average molecular weight is 533 g/mol. The fraction of sp³-hybridized carbons (Fsp3) is 0.147. The highest BCUT2D eigenvalue weighted by atomic mass is 16.6. The van der Waals surface area contributed by atoms with Crippen LogP contribution >= 0.6 is 0 Å². The van der Waals surface area contributed by atoms with E-state index in [-0.39, 0.29) is 13.0 Å². The van der Waals surface area contributed by atoms with Crippen molar-refractivity contribution in [1.29, 1.82) is 0 Å². The molecular formula is C34H28O6. The SMILES string of the molecule is C=C1C(OC=O)CC(OC(=O)c2ccc(-c3ccccc3)cc2)C1COC(=O)c1ccc(-c2ccccc2)cc1. The summed E-state index contributed by atoms with van der Waals surface area (Å²) in [7, 11) is 0. The van der Waals surface area contributed by atoms with Crippen molar-refractivity contribution in [3.05, 3.63) is 132 Å². The van der Waals surface area contributed by atoms with Crippen LogP contribution in [0.1, 0.15) is 27.1 Å². The molecule has 3 unspecified atom stereocenters. The first kappa shape index (κ1) is 26.6. The standard InChI is InChI=1S/C34H28O6/c1-23-30(21-38-33(36)28-16-12-26(13-17-28)24-8-4-2-5-9-24)32(20-31(23)39-22-35)40-34(37)29-18-14-27(15-19-29)25-10-6-3-7-11-25/h2-19,22,30-32H,1,20-21H2. The minimum Gasteiger partial charge on any atom is -0.461 e. The van der Waals surface area contributed by atoms with Gasteiger partial charge < -0.3 is 14.2 Å². The Hall–Kier alpha value is -4.97. The molecule has 0 spiro atoms. The zero-order valence-corrected chi connectivity index (χ0v) is 21.8. The van der Waals surface area contributed by atoms with E-state index in [0.717, 1.165) is 22.3 Å². The maximum Gasteiger partial charge on any atom is 0.338 e. The molecule has 0 aliphatic heterocycles. The summed E-state index contributed by atoms with van der Waals surface area (Å²) < 4.78 is 16.6. The van der Waals surface area contributed by atoms with Crippen molar-refractivity contribution in [2.45, 2.75) is 18.6 Å². The maximum atomic E-state index is 13.0. The fourth-order valence-corrected chi connectivity index (χ4v) is 4.87. The van der Waals surface area contributed by atoms with Crippen LogP contribution in [0, 0.1) is 5.92 Å². The summed E-state index contributed by atoms with van der Waals surface area (Å²) in [6.45, 7) is 4.32. The number of hydrogen-bond donors (Lipinski definition) is 0. The predicted molar refractivity (Wildman–Crippen MR) is 151 cm³/mol. The summed E-state index contributed by atoms with van der Waals surface area (Å²) in [4.78, 5) is 36.9. The van der Waals surface area contributed by atoms with Gasteiger partial charge >= 0.3 is 11.9 Å². The van der Waals surface area contributed by atoms with Crippen molar-refractivity contribution >= 4 is 18.4 Å². The minimum absolute atomic E-state index is 0.0677. The lowest BCUT2D eigenvalue weighted by Gasteiger charge is -2.20. The van der Waals surface area contributed by atoms with Crippen molar-refractivity contribution in [1.82, 2.24) is 0 Å². The lowest BCUT2D eigenvalue weighted by molar-refractivity contribution is -0.132. The second-order valence-electron chi connectivity index (χ2n) is 9.57. The highest BCUT2D eigenvalue weighted by molar-refractivity contribution is 5.91. The van der Waals surface area contributed by atoms with E-state index in [1.165, 1.54) is 0 Å². The first-order valence-corrected chi connectivity index (χ1v) is 13.0. The van der Waals surface area contributed by atoms with Crippen LogP contribution in [-0.2, 0) is 19.0 Å². The summed E-state index contributed by atoms with van der Waals surface area (Å²) in [5.41, 5.74) is 5.38. The van der Waals surface area contributed by atoms with Gasteiger partial charge in [-0.25, -0.2) is 9.59 Å². The molecule has 0 aromatic heterocycles. The number of rotatable bonds is 9. The molecule has 0 bridgehead atoms. The van der Waals surface area contributed by atoms with Crippen LogP contribution in [0.15, 0.2) is 121 Å². The molecule has 5 rings (SSSR count). The Kier molecular flexibility index (Phi) is 8.16. The zero-order chi connectivity index (χ0) is 27.9. The van der Waals surface area contributed by atoms with Crippen LogP contribution in [0.3, 0.4) is 0 Å². The Morgan fingerprint density at radius 2 is 1.18 bits per heavy atom. The smallest absolute Gasteiger partial charge is 0.338 e. The molecule has 6 heteroatoms. The van der Waals surface area contributed by atoms with E-state index < -0.39 is 30.1 Å². The van der Waals surface area contributed by atoms with Crippen LogP contribution in [0.4, 0.5) is 0 Å². The van der Waals surface area contributed by atoms with E-state index in [9.17, 15) is 14.4 Å². The lowest BCUT2D eigenvalue weighted by Crippen LogP contribution is -2.27. The molecule has 200 valence electrons. The molecule has 6 nitrogen and oxygen atoms in total.